The van der Waals surface area contributed by atoms with E-state index in [1.54, 1.807) is 0 Å². The highest BCUT2D eigenvalue weighted by molar-refractivity contribution is 7.77. The lowest BCUT2D eigenvalue weighted by Crippen LogP contribution is -1.94. The minimum Gasteiger partial charge on any atom is -0.326 e. The van der Waals surface area contributed by atoms with Gasteiger partial charge in [0.1, 0.15) is 0 Å². The fraction of sp³-hybridized carbons (Fsp3) is 0.125. The summed E-state index contributed by atoms with van der Waals surface area (Å²) in [7, 11) is 0. The van der Waals surface area contributed by atoms with Crippen LogP contribution in [0.3, 0.4) is 0 Å². The van der Waals surface area contributed by atoms with Gasteiger partial charge in [0.15, 0.2) is 0 Å². The Balaban J connectivity index is 0.000000371. The van der Waals surface area contributed by atoms with Gasteiger partial charge in [-0.05, 0) is 11.4 Å². The third kappa shape index (κ3) is 3.33. The molecule has 10 heavy (non-hydrogen) atoms. The first-order valence-electron chi connectivity index (χ1n) is 2.96. The van der Waals surface area contributed by atoms with Crippen molar-refractivity contribution < 1.29 is 0 Å². The number of rotatable bonds is 1. The molecule has 1 nitrogen and oxygen atoms in total. The van der Waals surface area contributed by atoms with Crippen LogP contribution < -0.4 is 5.73 Å². The van der Waals surface area contributed by atoms with E-state index in [4.69, 9.17) is 5.73 Å². The summed E-state index contributed by atoms with van der Waals surface area (Å²) in [4.78, 5) is 0. The second-order valence-electron chi connectivity index (χ2n) is 1.69. The quantitative estimate of drug-likeness (QED) is 0.622. The third-order valence-corrected chi connectivity index (χ3v) is 1.08. The molecule has 0 radical (unpaired) electrons. The molecule has 2 N–H and O–H groups in total. The zero-order chi connectivity index (χ0) is 7.82. The Morgan fingerprint density at radius 1 is 1.20 bits per heavy atom. The fourth-order valence-corrected chi connectivity index (χ4v) is 0.614. The van der Waals surface area contributed by atoms with Gasteiger partial charge in [-0.15, -0.1) is 0 Å². The maximum Gasteiger partial charge on any atom is 0.0178 e. The smallest absolute Gasteiger partial charge is 0.0178 e. The molecule has 0 amide bonds. The summed E-state index contributed by atoms with van der Waals surface area (Å²) in [6.45, 7) is 0.640. The molecule has 0 aliphatic heterocycles. The highest BCUT2D eigenvalue weighted by Gasteiger charge is 1.80. The van der Waals surface area contributed by atoms with Crippen LogP contribution in [0.4, 0.5) is 0 Å². The molecule has 0 spiro atoms. The van der Waals surface area contributed by atoms with Crippen molar-refractivity contribution >= 4 is 18.1 Å². The highest BCUT2D eigenvalue weighted by atomic mass is 32.1. The van der Waals surface area contributed by atoms with Crippen molar-refractivity contribution in [2.24, 2.45) is 5.73 Å². The SMILES string of the molecule is C=S.NCc1ccccc1. The molecule has 0 aliphatic rings. The molecule has 2 heteroatoms. The zero-order valence-electron chi connectivity index (χ0n) is 5.79. The summed E-state index contributed by atoms with van der Waals surface area (Å²) >= 11 is 3.83. The third-order valence-electron chi connectivity index (χ3n) is 1.08. The largest absolute Gasteiger partial charge is 0.326 e. The van der Waals surface area contributed by atoms with Crippen LogP contribution in [0.1, 0.15) is 5.56 Å². The first-order chi connectivity index (χ1) is 4.93. The Labute approximate surface area is 66.9 Å². The van der Waals surface area contributed by atoms with Gasteiger partial charge in [0, 0.05) is 6.54 Å². The maximum atomic E-state index is 5.35. The van der Waals surface area contributed by atoms with E-state index in [1.165, 1.54) is 5.56 Å². The zero-order valence-corrected chi connectivity index (χ0v) is 6.60. The molecule has 1 aromatic carbocycles. The lowest BCUT2D eigenvalue weighted by molar-refractivity contribution is 1.07. The molecule has 0 aromatic heterocycles. The van der Waals surface area contributed by atoms with Crippen LogP contribution in [0, 0.1) is 0 Å². The molecule has 0 unspecified atom stereocenters. The average Bonchev–Trinajstić information content (AvgIpc) is 2.10. The fourth-order valence-electron chi connectivity index (χ4n) is 0.614. The van der Waals surface area contributed by atoms with Crippen molar-refractivity contribution in [2.45, 2.75) is 6.54 Å². The van der Waals surface area contributed by atoms with Gasteiger partial charge in [0.25, 0.3) is 0 Å². The normalized spacial score (nSPS) is 7.70. The Bertz CT molecular complexity index is 162. The Kier molecular flexibility index (Phi) is 5.92. The van der Waals surface area contributed by atoms with E-state index < -0.39 is 0 Å². The second kappa shape index (κ2) is 6.39. The average molecular weight is 153 g/mol. The lowest BCUT2D eigenvalue weighted by Gasteiger charge is -1.90. The standard InChI is InChI=1S/C7H9N.CH2S/c8-6-7-4-2-1-3-5-7;1-2/h1-5H,6,8H2;1H2. The first-order valence-corrected chi connectivity index (χ1v) is 3.54. The summed E-state index contributed by atoms with van der Waals surface area (Å²) in [5.74, 6) is 2.83. The lowest BCUT2D eigenvalue weighted by atomic mass is 10.2. The number of hydrogen-bond acceptors (Lipinski definition) is 2. The van der Waals surface area contributed by atoms with E-state index >= 15 is 0 Å². The van der Waals surface area contributed by atoms with Crippen molar-refractivity contribution in [3.8, 4) is 0 Å². The molecular formula is C8H11NS. The minimum atomic E-state index is 0.640. The van der Waals surface area contributed by atoms with Gasteiger partial charge < -0.3 is 5.73 Å². The van der Waals surface area contributed by atoms with Crippen molar-refractivity contribution in [3.05, 3.63) is 35.9 Å². The van der Waals surface area contributed by atoms with Crippen molar-refractivity contribution in [3.63, 3.8) is 0 Å². The van der Waals surface area contributed by atoms with Crippen molar-refractivity contribution in [2.75, 3.05) is 0 Å². The highest BCUT2D eigenvalue weighted by Crippen LogP contribution is 1.94. The summed E-state index contributed by atoms with van der Waals surface area (Å²) < 4.78 is 0. The molecule has 1 rings (SSSR count). The van der Waals surface area contributed by atoms with E-state index in [1.807, 2.05) is 30.3 Å². The minimum absolute atomic E-state index is 0.640. The molecule has 0 saturated carbocycles. The van der Waals surface area contributed by atoms with Gasteiger partial charge >= 0.3 is 0 Å². The van der Waals surface area contributed by atoms with Gasteiger partial charge in [0.2, 0.25) is 0 Å². The topological polar surface area (TPSA) is 26.0 Å². The number of nitrogens with two attached hydrogens (primary N) is 1. The van der Waals surface area contributed by atoms with Crippen LogP contribution in [0.2, 0.25) is 0 Å². The van der Waals surface area contributed by atoms with Gasteiger partial charge in [-0.1, -0.05) is 42.5 Å². The molecule has 54 valence electrons. The summed E-state index contributed by atoms with van der Waals surface area (Å²) in [5, 5.41) is 0. The number of hydrogen-bond donors (Lipinski definition) is 1. The molecule has 0 aliphatic carbocycles. The number of benzene rings is 1. The predicted molar refractivity (Wildman–Crippen MR) is 49.0 cm³/mol. The van der Waals surface area contributed by atoms with Crippen molar-refractivity contribution in [1.82, 2.24) is 0 Å². The van der Waals surface area contributed by atoms with Gasteiger partial charge in [-0.2, -0.15) is 0 Å². The van der Waals surface area contributed by atoms with Crippen LogP contribution in [0.15, 0.2) is 30.3 Å². The van der Waals surface area contributed by atoms with Crippen LogP contribution in [0.25, 0.3) is 0 Å². The van der Waals surface area contributed by atoms with E-state index in [2.05, 4.69) is 18.1 Å². The second-order valence-corrected chi connectivity index (χ2v) is 1.69. The Morgan fingerprint density at radius 3 is 2.00 bits per heavy atom. The molecule has 0 bridgehead atoms. The van der Waals surface area contributed by atoms with Gasteiger partial charge in [0.05, 0.1) is 0 Å². The van der Waals surface area contributed by atoms with Crippen LogP contribution in [-0.4, -0.2) is 5.87 Å². The molecule has 0 fully saturated rings. The molecular weight excluding hydrogens is 142 g/mol. The Morgan fingerprint density at radius 2 is 1.70 bits per heavy atom. The van der Waals surface area contributed by atoms with E-state index in [0.717, 1.165) is 0 Å². The van der Waals surface area contributed by atoms with E-state index in [0.29, 0.717) is 6.54 Å². The van der Waals surface area contributed by atoms with E-state index in [9.17, 15) is 0 Å². The van der Waals surface area contributed by atoms with Crippen molar-refractivity contribution in [1.29, 1.82) is 0 Å². The van der Waals surface area contributed by atoms with E-state index in [-0.39, 0.29) is 0 Å². The monoisotopic (exact) mass is 153 g/mol. The van der Waals surface area contributed by atoms with Crippen LogP contribution in [0.5, 0.6) is 0 Å². The van der Waals surface area contributed by atoms with Gasteiger partial charge in [-0.3, -0.25) is 0 Å². The molecule has 0 atom stereocenters. The summed E-state index contributed by atoms with van der Waals surface area (Å²) in [5.41, 5.74) is 6.54. The van der Waals surface area contributed by atoms with Crippen LogP contribution >= 0.6 is 12.2 Å². The molecule has 1 aromatic rings. The summed E-state index contributed by atoms with van der Waals surface area (Å²) in [6, 6.07) is 9.99. The first kappa shape index (κ1) is 9.27. The predicted octanol–water partition coefficient (Wildman–Crippen LogP) is 1.76. The molecule has 0 heterocycles. The van der Waals surface area contributed by atoms with Gasteiger partial charge in [-0.25, -0.2) is 0 Å². The maximum absolute atomic E-state index is 5.35. The van der Waals surface area contributed by atoms with Crippen LogP contribution in [-0.2, 0) is 6.54 Å². The number of thiocarbonyl (C=S) groups is 1. The molecule has 0 saturated heterocycles. The summed E-state index contributed by atoms with van der Waals surface area (Å²) in [6.07, 6.45) is 0. The Hall–Kier alpha value is -0.730.